The Bertz CT molecular complexity index is 405. The van der Waals surface area contributed by atoms with Crippen molar-refractivity contribution in [1.29, 1.82) is 0 Å². The van der Waals surface area contributed by atoms with Crippen molar-refractivity contribution in [1.82, 2.24) is 0 Å². The van der Waals surface area contributed by atoms with Crippen LogP contribution in [0.25, 0.3) is 0 Å². The average Bonchev–Trinajstić information content (AvgIpc) is 2.65. The van der Waals surface area contributed by atoms with Crippen molar-refractivity contribution in [2.24, 2.45) is 5.41 Å². The normalized spacial score (nSPS) is 28.6. The van der Waals surface area contributed by atoms with Crippen molar-refractivity contribution in [3.63, 3.8) is 0 Å². The monoisotopic (exact) mass is 272 g/mol. The molecule has 0 aromatic heterocycles. The van der Waals surface area contributed by atoms with Crippen molar-refractivity contribution >= 4 is 23.2 Å². The number of halogens is 2. The third-order valence-electron chi connectivity index (χ3n) is 3.85. The second kappa shape index (κ2) is 5.17. The molecule has 0 spiro atoms. The number of aryl methyl sites for hydroxylation is 1. The van der Waals surface area contributed by atoms with Crippen molar-refractivity contribution < 1.29 is 4.74 Å². The Morgan fingerprint density at radius 2 is 2.24 bits per heavy atom. The Morgan fingerprint density at radius 1 is 1.47 bits per heavy atom. The van der Waals surface area contributed by atoms with E-state index < -0.39 is 0 Å². The summed E-state index contributed by atoms with van der Waals surface area (Å²) in [5, 5.41) is 0.841. The molecule has 94 valence electrons. The SMILES string of the molecule is Cc1ccc(CC2(CCl)CCOC2C)c(Cl)c1. The first kappa shape index (κ1) is 13.2. The van der Waals surface area contributed by atoms with E-state index in [1.807, 2.05) is 13.0 Å². The lowest BCUT2D eigenvalue weighted by Crippen LogP contribution is -2.33. The van der Waals surface area contributed by atoms with Crippen LogP contribution in [0, 0.1) is 12.3 Å². The van der Waals surface area contributed by atoms with Gasteiger partial charge in [0.25, 0.3) is 0 Å². The summed E-state index contributed by atoms with van der Waals surface area (Å²) in [5.74, 6) is 0.623. The summed E-state index contributed by atoms with van der Waals surface area (Å²) in [7, 11) is 0. The topological polar surface area (TPSA) is 9.23 Å². The Hall–Kier alpha value is -0.240. The highest BCUT2D eigenvalue weighted by molar-refractivity contribution is 6.31. The molecule has 1 aromatic carbocycles. The van der Waals surface area contributed by atoms with E-state index in [1.165, 1.54) is 11.1 Å². The predicted octanol–water partition coefficient (Wildman–Crippen LogP) is 4.22. The van der Waals surface area contributed by atoms with E-state index in [0.29, 0.717) is 5.88 Å². The lowest BCUT2D eigenvalue weighted by atomic mass is 9.78. The number of hydrogen-bond acceptors (Lipinski definition) is 1. The lowest BCUT2D eigenvalue weighted by molar-refractivity contribution is 0.0736. The summed E-state index contributed by atoms with van der Waals surface area (Å²) in [5.41, 5.74) is 2.41. The van der Waals surface area contributed by atoms with Crippen LogP contribution in [-0.2, 0) is 11.2 Å². The van der Waals surface area contributed by atoms with Crippen LogP contribution in [-0.4, -0.2) is 18.6 Å². The third kappa shape index (κ3) is 2.62. The molecule has 2 atom stereocenters. The van der Waals surface area contributed by atoms with Gasteiger partial charge in [0.15, 0.2) is 0 Å². The molecule has 0 bridgehead atoms. The maximum atomic E-state index is 6.29. The molecule has 1 nitrogen and oxygen atoms in total. The first-order valence-electron chi connectivity index (χ1n) is 6.00. The zero-order valence-corrected chi connectivity index (χ0v) is 11.8. The van der Waals surface area contributed by atoms with Gasteiger partial charge in [0.2, 0.25) is 0 Å². The molecule has 0 radical (unpaired) electrons. The smallest absolute Gasteiger partial charge is 0.0618 e. The summed E-state index contributed by atoms with van der Waals surface area (Å²) in [6.45, 7) is 4.96. The van der Waals surface area contributed by atoms with Gasteiger partial charge in [-0.1, -0.05) is 23.7 Å². The lowest BCUT2D eigenvalue weighted by Gasteiger charge is -2.30. The van der Waals surface area contributed by atoms with E-state index in [4.69, 9.17) is 27.9 Å². The van der Waals surface area contributed by atoms with Crippen LogP contribution in [0.3, 0.4) is 0 Å². The Balaban J connectivity index is 2.24. The van der Waals surface area contributed by atoms with Crippen molar-refractivity contribution in [2.75, 3.05) is 12.5 Å². The fourth-order valence-corrected chi connectivity index (χ4v) is 3.20. The van der Waals surface area contributed by atoms with Gasteiger partial charge in [0.05, 0.1) is 6.10 Å². The van der Waals surface area contributed by atoms with Crippen LogP contribution in [0.5, 0.6) is 0 Å². The van der Waals surface area contributed by atoms with E-state index in [0.717, 1.165) is 24.5 Å². The van der Waals surface area contributed by atoms with Gasteiger partial charge in [-0.3, -0.25) is 0 Å². The van der Waals surface area contributed by atoms with Crippen LogP contribution in [0.4, 0.5) is 0 Å². The minimum atomic E-state index is 0.0421. The molecule has 17 heavy (non-hydrogen) atoms. The molecule has 1 heterocycles. The molecule has 3 heteroatoms. The molecule has 1 saturated heterocycles. The Kier molecular flexibility index (Phi) is 4.02. The third-order valence-corrected chi connectivity index (χ3v) is 4.73. The number of rotatable bonds is 3. The summed E-state index contributed by atoms with van der Waals surface area (Å²) in [4.78, 5) is 0. The van der Waals surface area contributed by atoms with Gasteiger partial charge in [-0.25, -0.2) is 0 Å². The van der Waals surface area contributed by atoms with Gasteiger partial charge in [-0.2, -0.15) is 0 Å². The van der Waals surface area contributed by atoms with Gasteiger partial charge in [0.1, 0.15) is 0 Å². The standard InChI is InChI=1S/C14H18Cl2O/c1-10-3-4-12(13(16)7-10)8-14(9-15)5-6-17-11(14)2/h3-4,7,11H,5-6,8-9H2,1-2H3. The van der Waals surface area contributed by atoms with Crippen molar-refractivity contribution in [3.05, 3.63) is 34.3 Å². The van der Waals surface area contributed by atoms with Gasteiger partial charge in [-0.15, -0.1) is 11.6 Å². The molecule has 1 fully saturated rings. The van der Waals surface area contributed by atoms with Crippen LogP contribution in [0.15, 0.2) is 18.2 Å². The second-order valence-electron chi connectivity index (χ2n) is 5.03. The van der Waals surface area contributed by atoms with Crippen molar-refractivity contribution in [2.45, 2.75) is 32.8 Å². The fourth-order valence-electron chi connectivity index (χ4n) is 2.45. The quantitative estimate of drug-likeness (QED) is 0.749. The fraction of sp³-hybridized carbons (Fsp3) is 0.571. The molecule has 0 aliphatic carbocycles. The van der Waals surface area contributed by atoms with E-state index in [2.05, 4.69) is 19.1 Å². The van der Waals surface area contributed by atoms with Gasteiger partial charge < -0.3 is 4.74 Å². The predicted molar refractivity (Wildman–Crippen MR) is 73.1 cm³/mol. The van der Waals surface area contributed by atoms with E-state index in [-0.39, 0.29) is 11.5 Å². The minimum absolute atomic E-state index is 0.0421. The van der Waals surface area contributed by atoms with E-state index in [9.17, 15) is 0 Å². The molecular formula is C14H18Cl2O. The maximum Gasteiger partial charge on any atom is 0.0618 e. The first-order chi connectivity index (χ1) is 8.07. The summed E-state index contributed by atoms with van der Waals surface area (Å²) in [6.07, 6.45) is 2.12. The zero-order chi connectivity index (χ0) is 12.5. The molecule has 0 N–H and O–H groups in total. The number of alkyl halides is 1. The molecule has 0 saturated carbocycles. The molecular weight excluding hydrogens is 255 g/mol. The summed E-state index contributed by atoms with van der Waals surface area (Å²) in [6, 6.07) is 6.22. The molecule has 2 unspecified atom stereocenters. The van der Waals surface area contributed by atoms with Gasteiger partial charge in [-0.05, 0) is 43.9 Å². The van der Waals surface area contributed by atoms with Crippen LogP contribution >= 0.6 is 23.2 Å². The Labute approximate surface area is 113 Å². The minimum Gasteiger partial charge on any atom is -0.378 e. The molecule has 2 rings (SSSR count). The summed E-state index contributed by atoms with van der Waals surface area (Å²) < 4.78 is 5.67. The molecule has 1 aliphatic heterocycles. The summed E-state index contributed by atoms with van der Waals surface area (Å²) >= 11 is 12.5. The number of ether oxygens (including phenoxy) is 1. The number of benzene rings is 1. The Morgan fingerprint density at radius 3 is 2.76 bits per heavy atom. The van der Waals surface area contributed by atoms with Crippen molar-refractivity contribution in [3.8, 4) is 0 Å². The highest BCUT2D eigenvalue weighted by Crippen LogP contribution is 2.40. The first-order valence-corrected chi connectivity index (χ1v) is 6.91. The largest absolute Gasteiger partial charge is 0.378 e. The highest BCUT2D eigenvalue weighted by atomic mass is 35.5. The van der Waals surface area contributed by atoms with Crippen LogP contribution < -0.4 is 0 Å². The average molecular weight is 273 g/mol. The molecule has 1 aromatic rings. The van der Waals surface area contributed by atoms with E-state index in [1.54, 1.807) is 0 Å². The van der Waals surface area contributed by atoms with Crippen LogP contribution in [0.1, 0.15) is 24.5 Å². The van der Waals surface area contributed by atoms with Gasteiger partial charge in [0, 0.05) is 22.9 Å². The second-order valence-corrected chi connectivity index (χ2v) is 5.71. The maximum absolute atomic E-state index is 6.29. The molecule has 1 aliphatic rings. The van der Waals surface area contributed by atoms with E-state index >= 15 is 0 Å². The zero-order valence-electron chi connectivity index (χ0n) is 10.3. The highest BCUT2D eigenvalue weighted by Gasteiger charge is 2.41. The number of hydrogen-bond donors (Lipinski definition) is 0. The van der Waals surface area contributed by atoms with Gasteiger partial charge >= 0.3 is 0 Å². The van der Waals surface area contributed by atoms with Crippen LogP contribution in [0.2, 0.25) is 5.02 Å². The molecule has 0 amide bonds.